The van der Waals surface area contributed by atoms with Crippen LogP contribution in [0.5, 0.6) is 0 Å². The molecule has 1 atom stereocenters. The van der Waals surface area contributed by atoms with Crippen molar-refractivity contribution >= 4 is 15.9 Å². The summed E-state index contributed by atoms with van der Waals surface area (Å²) in [5.41, 5.74) is 0.117. The fourth-order valence-electron chi connectivity index (χ4n) is 2.94. The molecule has 0 bridgehead atoms. The molecule has 1 aliphatic heterocycles. The van der Waals surface area contributed by atoms with Crippen LogP contribution in [0.4, 0.5) is 8.78 Å². The van der Waals surface area contributed by atoms with E-state index in [1.807, 2.05) is 0 Å². The lowest BCUT2D eigenvalue weighted by molar-refractivity contribution is 0.0805. The van der Waals surface area contributed by atoms with Crippen LogP contribution < -0.4 is 5.32 Å². The van der Waals surface area contributed by atoms with E-state index in [-0.39, 0.29) is 11.1 Å². The monoisotopic (exact) mass is 360 g/mol. The van der Waals surface area contributed by atoms with E-state index in [1.54, 1.807) is 0 Å². The minimum atomic E-state index is -0.485. The summed E-state index contributed by atoms with van der Waals surface area (Å²) in [6.45, 7) is 8.33. The molecule has 1 unspecified atom stereocenters. The lowest BCUT2D eigenvalue weighted by atomic mass is 9.96. The minimum Gasteiger partial charge on any atom is -0.309 e. The lowest BCUT2D eigenvalue weighted by Crippen LogP contribution is -2.61. The Labute approximate surface area is 134 Å². The van der Waals surface area contributed by atoms with Crippen molar-refractivity contribution in [2.24, 2.45) is 0 Å². The van der Waals surface area contributed by atoms with Crippen molar-refractivity contribution in [3.8, 4) is 0 Å². The number of rotatable bonds is 4. The van der Waals surface area contributed by atoms with Crippen molar-refractivity contribution < 1.29 is 8.78 Å². The number of hydrogen-bond donors (Lipinski definition) is 1. The lowest BCUT2D eigenvalue weighted by Gasteiger charge is -2.44. The van der Waals surface area contributed by atoms with Crippen molar-refractivity contribution in [1.29, 1.82) is 0 Å². The second-order valence-electron chi connectivity index (χ2n) is 6.43. The van der Waals surface area contributed by atoms with E-state index >= 15 is 0 Å². The smallest absolute Gasteiger partial charge is 0.144 e. The molecule has 2 rings (SSSR count). The summed E-state index contributed by atoms with van der Waals surface area (Å²) in [5.74, 6) is -0.955. The van der Waals surface area contributed by atoms with Gasteiger partial charge in [0.2, 0.25) is 0 Å². The Kier molecular flexibility index (Phi) is 5.38. The van der Waals surface area contributed by atoms with Crippen molar-refractivity contribution in [2.45, 2.75) is 51.7 Å². The summed E-state index contributed by atoms with van der Waals surface area (Å²) in [6.07, 6.45) is 2.09. The zero-order valence-corrected chi connectivity index (χ0v) is 14.4. The Balaban J connectivity index is 2.24. The predicted octanol–water partition coefficient (Wildman–Crippen LogP) is 4.08. The van der Waals surface area contributed by atoms with Gasteiger partial charge in [0.25, 0.3) is 0 Å². The van der Waals surface area contributed by atoms with Gasteiger partial charge in [-0.2, -0.15) is 0 Å². The molecule has 0 radical (unpaired) electrons. The summed E-state index contributed by atoms with van der Waals surface area (Å²) in [4.78, 5) is 2.20. The first-order valence-corrected chi connectivity index (χ1v) is 8.25. The van der Waals surface area contributed by atoms with Crippen LogP contribution in [0.3, 0.4) is 0 Å². The molecule has 1 aromatic carbocycles. The quantitative estimate of drug-likeness (QED) is 0.813. The average molecular weight is 361 g/mol. The highest BCUT2D eigenvalue weighted by Crippen LogP contribution is 2.26. The highest BCUT2D eigenvalue weighted by Gasteiger charge is 2.33. The van der Waals surface area contributed by atoms with Gasteiger partial charge in [-0.3, -0.25) is 4.90 Å². The van der Waals surface area contributed by atoms with Crippen LogP contribution in [0.25, 0.3) is 0 Å². The van der Waals surface area contributed by atoms with E-state index < -0.39 is 11.6 Å². The number of piperazine rings is 1. The van der Waals surface area contributed by atoms with Gasteiger partial charge < -0.3 is 5.32 Å². The van der Waals surface area contributed by atoms with Gasteiger partial charge >= 0.3 is 0 Å². The Hall–Kier alpha value is -0.520. The second kappa shape index (κ2) is 6.71. The summed E-state index contributed by atoms with van der Waals surface area (Å²) in [7, 11) is 0. The van der Waals surface area contributed by atoms with Gasteiger partial charge in [0.05, 0.1) is 4.47 Å². The first-order valence-electron chi connectivity index (χ1n) is 7.45. The Bertz CT molecular complexity index is 505. The molecular formula is C16H23BrF2N2. The molecule has 1 saturated heterocycles. The van der Waals surface area contributed by atoms with Gasteiger partial charge in [-0.15, -0.1) is 0 Å². The molecule has 0 spiro atoms. The Morgan fingerprint density at radius 3 is 2.76 bits per heavy atom. The highest BCUT2D eigenvalue weighted by molar-refractivity contribution is 9.10. The molecule has 0 aromatic heterocycles. The Morgan fingerprint density at radius 2 is 2.10 bits per heavy atom. The van der Waals surface area contributed by atoms with Gasteiger partial charge in [-0.1, -0.05) is 13.3 Å². The van der Waals surface area contributed by atoms with E-state index in [2.05, 4.69) is 46.9 Å². The third-order valence-corrected chi connectivity index (χ3v) is 4.67. The summed E-state index contributed by atoms with van der Waals surface area (Å²) in [5, 5.41) is 3.51. The van der Waals surface area contributed by atoms with Crippen molar-refractivity contribution in [2.75, 3.05) is 13.1 Å². The van der Waals surface area contributed by atoms with Crippen LogP contribution in [0, 0.1) is 11.6 Å². The highest BCUT2D eigenvalue weighted by atomic mass is 79.9. The first-order chi connectivity index (χ1) is 9.84. The molecule has 0 saturated carbocycles. The maximum absolute atomic E-state index is 14.2. The zero-order valence-electron chi connectivity index (χ0n) is 12.8. The predicted molar refractivity (Wildman–Crippen MR) is 85.2 cm³/mol. The average Bonchev–Trinajstić information content (AvgIpc) is 2.42. The van der Waals surface area contributed by atoms with Crippen LogP contribution in [0.15, 0.2) is 16.6 Å². The molecule has 2 nitrogen and oxygen atoms in total. The standard InChI is InChI=1S/C16H23BrF2N2/c1-4-5-11-8-20-16(2,3)10-21(11)9-12-14(18)7-6-13(17)15(12)19/h6-7,11,20H,4-5,8-10H2,1-3H3. The van der Waals surface area contributed by atoms with Gasteiger partial charge in [0.1, 0.15) is 11.6 Å². The van der Waals surface area contributed by atoms with Gasteiger partial charge in [0.15, 0.2) is 0 Å². The number of halogens is 3. The minimum absolute atomic E-state index is 0.0385. The molecule has 118 valence electrons. The van der Waals surface area contributed by atoms with E-state index in [4.69, 9.17) is 0 Å². The maximum atomic E-state index is 14.2. The van der Waals surface area contributed by atoms with E-state index in [0.717, 1.165) is 25.9 Å². The molecule has 0 aliphatic carbocycles. The third-order valence-electron chi connectivity index (χ3n) is 4.05. The number of hydrogen-bond acceptors (Lipinski definition) is 2. The topological polar surface area (TPSA) is 15.3 Å². The zero-order chi connectivity index (χ0) is 15.6. The van der Waals surface area contributed by atoms with Gasteiger partial charge in [-0.05, 0) is 48.3 Å². The van der Waals surface area contributed by atoms with E-state index in [1.165, 1.54) is 12.1 Å². The van der Waals surface area contributed by atoms with Crippen LogP contribution in [0.2, 0.25) is 0 Å². The number of nitrogens with one attached hydrogen (secondary N) is 1. The molecule has 1 N–H and O–H groups in total. The SMILES string of the molecule is CCCC1CNC(C)(C)CN1Cc1c(F)ccc(Br)c1F. The van der Waals surface area contributed by atoms with Crippen molar-refractivity contribution in [3.63, 3.8) is 0 Å². The van der Waals surface area contributed by atoms with Crippen LogP contribution in [-0.2, 0) is 6.54 Å². The summed E-state index contributed by atoms with van der Waals surface area (Å²) >= 11 is 3.14. The van der Waals surface area contributed by atoms with Crippen LogP contribution in [-0.4, -0.2) is 29.6 Å². The Morgan fingerprint density at radius 1 is 1.38 bits per heavy atom. The van der Waals surface area contributed by atoms with E-state index in [9.17, 15) is 8.78 Å². The second-order valence-corrected chi connectivity index (χ2v) is 7.29. The van der Waals surface area contributed by atoms with E-state index in [0.29, 0.717) is 17.1 Å². The maximum Gasteiger partial charge on any atom is 0.144 e. The summed E-state index contributed by atoms with van der Waals surface area (Å²) < 4.78 is 28.5. The summed E-state index contributed by atoms with van der Waals surface area (Å²) in [6, 6.07) is 3.06. The van der Waals surface area contributed by atoms with Gasteiger partial charge in [-0.25, -0.2) is 8.78 Å². The molecule has 21 heavy (non-hydrogen) atoms. The number of nitrogens with zero attached hydrogens (tertiary/aromatic N) is 1. The largest absolute Gasteiger partial charge is 0.309 e. The van der Waals surface area contributed by atoms with Crippen molar-refractivity contribution in [1.82, 2.24) is 10.2 Å². The number of benzene rings is 1. The molecule has 1 aromatic rings. The first kappa shape index (κ1) is 16.8. The van der Waals surface area contributed by atoms with Crippen molar-refractivity contribution in [3.05, 3.63) is 33.8 Å². The molecule has 1 aliphatic rings. The normalized spacial score (nSPS) is 22.5. The van der Waals surface area contributed by atoms with Crippen LogP contribution in [0.1, 0.15) is 39.2 Å². The van der Waals surface area contributed by atoms with Crippen LogP contribution >= 0.6 is 15.9 Å². The van der Waals surface area contributed by atoms with Gasteiger partial charge in [0, 0.05) is 36.8 Å². The molecule has 5 heteroatoms. The fourth-order valence-corrected chi connectivity index (χ4v) is 3.31. The molecule has 1 fully saturated rings. The molecule has 1 heterocycles. The fraction of sp³-hybridized carbons (Fsp3) is 0.625. The molecular weight excluding hydrogens is 338 g/mol. The third kappa shape index (κ3) is 4.02. The molecule has 0 amide bonds.